The second kappa shape index (κ2) is 8.86. The van der Waals surface area contributed by atoms with Crippen LogP contribution in [0.5, 0.6) is 0 Å². The van der Waals surface area contributed by atoms with E-state index in [0.717, 1.165) is 0 Å². The molecule has 0 atom stereocenters. The van der Waals surface area contributed by atoms with Crippen LogP contribution in [-0.2, 0) is 4.74 Å². The van der Waals surface area contributed by atoms with E-state index in [1.165, 1.54) is 0 Å². The van der Waals surface area contributed by atoms with Gasteiger partial charge < -0.3 is 4.74 Å². The smallest absolute Gasteiger partial charge is 0.0974 e. The second-order valence-corrected chi connectivity index (χ2v) is 5.04. The first kappa shape index (κ1) is 17.0. The normalized spacial score (nSPS) is 11.3. The quantitative estimate of drug-likeness (QED) is 0.581. The molecule has 0 bridgehead atoms. The van der Waals surface area contributed by atoms with E-state index in [1.807, 2.05) is 13.8 Å². The molecule has 0 heterocycles. The Morgan fingerprint density at radius 2 is 1.67 bits per heavy atom. The Kier molecular flexibility index (Phi) is 10.0. The van der Waals surface area contributed by atoms with Crippen molar-refractivity contribution < 1.29 is 6.16 Å². The number of nitrogens with zero attached hydrogens (tertiary/aromatic N) is 1. The van der Waals surface area contributed by atoms with Gasteiger partial charge in [-0.05, 0) is 55.2 Å². The van der Waals surface area contributed by atoms with Crippen LogP contribution in [0, 0.1) is 0 Å². The highest BCUT2D eigenvalue weighted by Gasteiger charge is 2.08. The van der Waals surface area contributed by atoms with Crippen molar-refractivity contribution in [1.29, 1.82) is 0 Å². The van der Waals surface area contributed by atoms with E-state index < -0.39 is 0 Å². The van der Waals surface area contributed by atoms with E-state index >= 15 is 0 Å². The van der Waals surface area contributed by atoms with E-state index in [-0.39, 0.29) is 7.03 Å². The Hall–Kier alpha value is -0.410. The molecule has 0 aliphatic carbocycles. The molecule has 94 valence electrons. The van der Waals surface area contributed by atoms with Crippen LogP contribution in [0.3, 0.4) is 0 Å². The molecule has 0 fully saturated rings. The van der Waals surface area contributed by atoms with Gasteiger partial charge in [0, 0.05) is 13.5 Å². The predicted molar refractivity (Wildman–Crippen MR) is 70.8 cm³/mol. The van der Waals surface area contributed by atoms with Gasteiger partial charge in [-0.3, -0.25) is 10.3 Å². The van der Waals surface area contributed by atoms with Crippen LogP contribution in [0.4, 0.5) is 0 Å². The van der Waals surface area contributed by atoms with E-state index in [4.69, 9.17) is 4.74 Å². The monoisotopic (exact) mass is 218 g/mol. The topological polar surface area (TPSA) is 33.6 Å². The van der Waals surface area contributed by atoms with Crippen molar-refractivity contribution in [2.24, 2.45) is 4.99 Å². The summed E-state index contributed by atoms with van der Waals surface area (Å²) < 4.78 is 5.43. The third kappa shape index (κ3) is 24.7. The molecule has 0 aromatic carbocycles. The zero-order valence-corrected chi connectivity index (χ0v) is 11.4. The summed E-state index contributed by atoms with van der Waals surface area (Å²) in [7, 11) is 0. The van der Waals surface area contributed by atoms with Crippen LogP contribution in [-0.4, -0.2) is 31.1 Å². The van der Waals surface area contributed by atoms with Gasteiger partial charge in [0.25, 0.3) is 0 Å². The minimum atomic E-state index is -0.0259. The lowest BCUT2D eigenvalue weighted by molar-refractivity contribution is -0.0157. The van der Waals surface area contributed by atoms with Crippen LogP contribution in [0.2, 0.25) is 0 Å². The first-order valence-corrected chi connectivity index (χ1v) is 5.52. The van der Waals surface area contributed by atoms with Gasteiger partial charge in [-0.1, -0.05) is 0 Å². The van der Waals surface area contributed by atoms with Crippen molar-refractivity contribution in [1.82, 2.24) is 5.32 Å². The van der Waals surface area contributed by atoms with Gasteiger partial charge in [-0.25, -0.2) is 0 Å². The Labute approximate surface area is 96.8 Å². The fourth-order valence-corrected chi connectivity index (χ4v) is 0.425. The van der Waals surface area contributed by atoms with Crippen molar-refractivity contribution in [3.8, 4) is 0 Å². The summed E-state index contributed by atoms with van der Waals surface area (Å²) in [4.78, 5) is 3.64. The predicted octanol–water partition coefficient (Wildman–Crippen LogP) is 3.10. The molecular formula is C12H30N2O. The minimum Gasteiger partial charge on any atom is -0.361 e. The summed E-state index contributed by atoms with van der Waals surface area (Å²) in [5, 5.41) is 3.18. The van der Waals surface area contributed by atoms with Gasteiger partial charge >= 0.3 is 0 Å². The summed E-state index contributed by atoms with van der Waals surface area (Å²) >= 11 is 0. The minimum absolute atomic E-state index is 0. The number of nitrogens with one attached hydrogen (secondary N) is 1. The average Bonchev–Trinajstić information content (AvgIpc) is 2.02. The number of hydrogen-bond donors (Lipinski definition) is 1. The molecule has 0 spiro atoms. The first-order chi connectivity index (χ1) is 6.69. The summed E-state index contributed by atoms with van der Waals surface area (Å²) in [6.07, 6.45) is 0. The molecule has 0 aromatic rings. The number of hydrogen-bond acceptors (Lipinski definition) is 3. The van der Waals surface area contributed by atoms with Gasteiger partial charge in [0.15, 0.2) is 0 Å². The van der Waals surface area contributed by atoms with Crippen LogP contribution < -0.4 is 5.32 Å². The number of rotatable bonds is 4. The lowest BCUT2D eigenvalue weighted by Crippen LogP contribution is -2.31. The second-order valence-electron chi connectivity index (χ2n) is 5.04. The maximum Gasteiger partial charge on any atom is 0.0974 e. The van der Waals surface area contributed by atoms with Crippen LogP contribution >= 0.6 is 0 Å². The molecule has 1 N–H and O–H groups in total. The van der Waals surface area contributed by atoms with Gasteiger partial charge in [0.2, 0.25) is 0 Å². The zero-order chi connectivity index (χ0) is 12.5. The maximum absolute atomic E-state index is 5.43. The summed E-state index contributed by atoms with van der Waals surface area (Å²) in [5.41, 5.74) is -0.0259. The SMILES string of the molecule is C=NC(C)C.CC(C)NCOC(C)(C)C.[HH]. The average molecular weight is 218 g/mol. The van der Waals surface area contributed by atoms with E-state index in [1.54, 1.807) is 0 Å². The van der Waals surface area contributed by atoms with Gasteiger partial charge in [0.05, 0.1) is 12.3 Å². The van der Waals surface area contributed by atoms with E-state index in [9.17, 15) is 0 Å². The Balaban J connectivity index is -0.000000242. The lowest BCUT2D eigenvalue weighted by Gasteiger charge is -2.20. The molecule has 0 aliphatic rings. The fourth-order valence-electron chi connectivity index (χ4n) is 0.425. The van der Waals surface area contributed by atoms with Gasteiger partial charge in [-0.15, -0.1) is 0 Å². The number of ether oxygens (including phenoxy) is 1. The third-order valence-corrected chi connectivity index (χ3v) is 1.36. The van der Waals surface area contributed by atoms with Crippen molar-refractivity contribution in [2.75, 3.05) is 6.73 Å². The molecule has 0 radical (unpaired) electrons. The Morgan fingerprint density at radius 1 is 1.27 bits per heavy atom. The van der Waals surface area contributed by atoms with E-state index in [0.29, 0.717) is 18.8 Å². The van der Waals surface area contributed by atoms with Gasteiger partial charge in [-0.2, -0.15) is 0 Å². The molecule has 0 saturated heterocycles. The highest BCUT2D eigenvalue weighted by atomic mass is 16.5. The first-order valence-electron chi connectivity index (χ1n) is 5.52. The van der Waals surface area contributed by atoms with Crippen molar-refractivity contribution in [3.05, 3.63) is 0 Å². The highest BCUT2D eigenvalue weighted by molar-refractivity contribution is 5.23. The molecule has 0 amide bonds. The molecule has 15 heavy (non-hydrogen) atoms. The summed E-state index contributed by atoms with van der Waals surface area (Å²) in [5.74, 6) is 0. The zero-order valence-electron chi connectivity index (χ0n) is 11.4. The molecule has 0 rings (SSSR count). The largest absolute Gasteiger partial charge is 0.361 e. The van der Waals surface area contributed by atoms with Crippen molar-refractivity contribution in [2.45, 2.75) is 66.2 Å². The van der Waals surface area contributed by atoms with Crippen molar-refractivity contribution >= 4 is 6.72 Å². The van der Waals surface area contributed by atoms with Crippen molar-refractivity contribution in [3.63, 3.8) is 0 Å². The third-order valence-electron chi connectivity index (χ3n) is 1.36. The number of aliphatic imine (C=N–C) groups is 1. The summed E-state index contributed by atoms with van der Waals surface area (Å²) in [6.45, 7) is 18.3. The fraction of sp³-hybridized carbons (Fsp3) is 0.917. The standard InChI is InChI=1S/C8H19NO.C4H9N.H2/c1-7(2)9-6-10-8(3,4)5;1-4(2)5-3;/h7,9H,6H2,1-5H3;4H,3H2,1-2H3;1H. The van der Waals surface area contributed by atoms with Crippen LogP contribution in [0.25, 0.3) is 0 Å². The van der Waals surface area contributed by atoms with Crippen LogP contribution in [0.1, 0.15) is 49.9 Å². The Morgan fingerprint density at radius 3 is 1.87 bits per heavy atom. The molecule has 0 aromatic heterocycles. The maximum atomic E-state index is 5.43. The molecule has 3 heteroatoms. The lowest BCUT2D eigenvalue weighted by atomic mass is 10.2. The molecule has 0 unspecified atom stereocenters. The van der Waals surface area contributed by atoms with Gasteiger partial charge in [0.1, 0.15) is 0 Å². The molecule has 0 saturated carbocycles. The highest BCUT2D eigenvalue weighted by Crippen LogP contribution is 2.04. The molecular weight excluding hydrogens is 188 g/mol. The summed E-state index contributed by atoms with van der Waals surface area (Å²) in [6, 6.07) is 0.900. The molecule has 3 nitrogen and oxygen atoms in total. The Bertz CT molecular complexity index is 154. The van der Waals surface area contributed by atoms with Crippen LogP contribution in [0.15, 0.2) is 4.99 Å². The van der Waals surface area contributed by atoms with E-state index in [2.05, 4.69) is 51.6 Å². The molecule has 0 aliphatic heterocycles.